The van der Waals surface area contributed by atoms with Gasteiger partial charge < -0.3 is 5.11 Å². The van der Waals surface area contributed by atoms with Crippen molar-refractivity contribution in [3.05, 3.63) is 64.3 Å². The lowest BCUT2D eigenvalue weighted by Gasteiger charge is -2.14. The molecule has 26 heavy (non-hydrogen) atoms. The summed E-state index contributed by atoms with van der Waals surface area (Å²) in [5, 5.41) is 9.51. The van der Waals surface area contributed by atoms with Gasteiger partial charge >= 0.3 is 0 Å². The molecule has 2 aromatic rings. The number of nitrogens with zero attached hydrogens (tertiary/aromatic N) is 1. The minimum Gasteiger partial charge on any atom is -0.506 e. The van der Waals surface area contributed by atoms with Crippen molar-refractivity contribution in [3.8, 4) is 5.75 Å². The van der Waals surface area contributed by atoms with Crippen LogP contribution >= 0.6 is 68.5 Å². The summed E-state index contributed by atoms with van der Waals surface area (Å²) in [7, 11) is 0. The van der Waals surface area contributed by atoms with Crippen molar-refractivity contribution < 1.29 is 19.1 Å². The van der Waals surface area contributed by atoms with E-state index in [1.165, 1.54) is 18.2 Å². The molecule has 0 radical (unpaired) electrons. The highest BCUT2D eigenvalue weighted by molar-refractivity contribution is 14.1. The Kier molecular flexibility index (Phi) is 6.14. The van der Waals surface area contributed by atoms with Gasteiger partial charge in [-0.2, -0.15) is 0 Å². The molecule has 1 aliphatic rings. The second kappa shape index (κ2) is 8.03. The number of halogens is 4. The van der Waals surface area contributed by atoms with Gasteiger partial charge in [0.1, 0.15) is 11.6 Å². The number of carbonyl (C=O) groups excluding carboxylic acids is 2. The van der Waals surface area contributed by atoms with E-state index < -0.39 is 17.0 Å². The van der Waals surface area contributed by atoms with Crippen molar-refractivity contribution in [2.24, 2.45) is 0 Å². The summed E-state index contributed by atoms with van der Waals surface area (Å²) in [4.78, 5) is 26.0. The fourth-order valence-corrected chi connectivity index (χ4v) is 5.17. The summed E-state index contributed by atoms with van der Waals surface area (Å²) in [6.45, 7) is -0.224. The number of phenolic OH excluding ortho intramolecular Hbond substituents is 1. The van der Waals surface area contributed by atoms with Gasteiger partial charge in [-0.3, -0.25) is 14.5 Å². The highest BCUT2D eigenvalue weighted by atomic mass is 127. The average Bonchev–Trinajstić information content (AvgIpc) is 2.83. The maximum Gasteiger partial charge on any atom is 0.293 e. The van der Waals surface area contributed by atoms with Gasteiger partial charge in [0.15, 0.2) is 0 Å². The smallest absolute Gasteiger partial charge is 0.293 e. The minimum atomic E-state index is -0.567. The summed E-state index contributed by atoms with van der Waals surface area (Å²) >= 11 is 10.7. The van der Waals surface area contributed by atoms with Crippen LogP contribution < -0.4 is 0 Å². The van der Waals surface area contributed by atoms with Crippen LogP contribution in [0.1, 0.15) is 11.1 Å². The van der Waals surface area contributed by atoms with E-state index in [-0.39, 0.29) is 27.8 Å². The SMILES string of the molecule is O=C1SC(=Cc2cc(I)c(O)c(I)c2)C(=O)N1Cc1c(F)cccc1Cl. The first-order chi connectivity index (χ1) is 12.3. The molecule has 0 atom stereocenters. The zero-order chi connectivity index (χ0) is 19.0. The summed E-state index contributed by atoms with van der Waals surface area (Å²) in [6, 6.07) is 7.62. The number of carbonyl (C=O) groups is 2. The van der Waals surface area contributed by atoms with E-state index in [0.29, 0.717) is 12.7 Å². The lowest BCUT2D eigenvalue weighted by molar-refractivity contribution is -0.123. The second-order valence-electron chi connectivity index (χ2n) is 5.30. The Labute approximate surface area is 185 Å². The predicted molar refractivity (Wildman–Crippen MR) is 116 cm³/mol. The number of aromatic hydroxyl groups is 1. The van der Waals surface area contributed by atoms with Crippen LogP contribution in [0.5, 0.6) is 5.75 Å². The van der Waals surface area contributed by atoms with Crippen LogP contribution in [0.4, 0.5) is 9.18 Å². The monoisotopic (exact) mass is 615 g/mol. The van der Waals surface area contributed by atoms with E-state index >= 15 is 0 Å². The van der Waals surface area contributed by atoms with Gasteiger partial charge in [-0.05, 0) is 92.8 Å². The second-order valence-corrected chi connectivity index (χ2v) is 9.03. The molecule has 1 N–H and O–H groups in total. The van der Waals surface area contributed by atoms with Gasteiger partial charge in [-0.15, -0.1) is 0 Å². The number of phenols is 1. The maximum atomic E-state index is 13.9. The molecule has 0 bridgehead atoms. The predicted octanol–water partition coefficient (Wildman–Crippen LogP) is 5.63. The number of hydrogen-bond donors (Lipinski definition) is 1. The van der Waals surface area contributed by atoms with Crippen LogP contribution in [0.25, 0.3) is 6.08 Å². The van der Waals surface area contributed by atoms with Crippen LogP contribution in [-0.2, 0) is 11.3 Å². The zero-order valence-corrected chi connectivity index (χ0v) is 18.7. The third-order valence-electron chi connectivity index (χ3n) is 3.59. The van der Waals surface area contributed by atoms with Gasteiger partial charge in [-0.25, -0.2) is 4.39 Å². The quantitative estimate of drug-likeness (QED) is 0.360. The van der Waals surface area contributed by atoms with Crippen molar-refractivity contribution in [1.29, 1.82) is 0 Å². The van der Waals surface area contributed by atoms with Crippen LogP contribution in [-0.4, -0.2) is 21.2 Å². The molecule has 0 unspecified atom stereocenters. The van der Waals surface area contributed by atoms with Crippen LogP contribution in [0, 0.1) is 13.0 Å². The lowest BCUT2D eigenvalue weighted by Crippen LogP contribution is -2.28. The summed E-state index contributed by atoms with van der Waals surface area (Å²) in [5.74, 6) is -0.897. The first-order valence-corrected chi connectivity index (χ1v) is 10.5. The zero-order valence-electron chi connectivity index (χ0n) is 12.8. The Morgan fingerprint density at radius 1 is 1.23 bits per heavy atom. The lowest BCUT2D eigenvalue weighted by atomic mass is 10.2. The molecule has 2 aromatic carbocycles. The molecule has 0 aromatic heterocycles. The van der Waals surface area contributed by atoms with E-state index in [4.69, 9.17) is 11.6 Å². The number of amides is 2. The van der Waals surface area contributed by atoms with Crippen molar-refractivity contribution in [2.75, 3.05) is 0 Å². The number of hydrogen-bond acceptors (Lipinski definition) is 4. The summed E-state index contributed by atoms with van der Waals surface area (Å²) in [5.41, 5.74) is 0.789. The topological polar surface area (TPSA) is 57.6 Å². The van der Waals surface area contributed by atoms with Crippen LogP contribution in [0.15, 0.2) is 35.2 Å². The van der Waals surface area contributed by atoms with Crippen molar-refractivity contribution in [1.82, 2.24) is 4.90 Å². The Balaban J connectivity index is 1.90. The van der Waals surface area contributed by atoms with Gasteiger partial charge in [-0.1, -0.05) is 17.7 Å². The highest BCUT2D eigenvalue weighted by Crippen LogP contribution is 2.36. The molecule has 1 aliphatic heterocycles. The standard InChI is InChI=1S/C17H9ClFI2NO3S/c18-10-2-1-3-11(19)9(10)7-22-16(24)14(26-17(22)25)6-8-4-12(20)15(23)13(21)5-8/h1-6,23H,7H2. The molecule has 134 valence electrons. The molecule has 3 rings (SSSR count). The van der Waals surface area contributed by atoms with Crippen LogP contribution in [0.3, 0.4) is 0 Å². The molecule has 1 heterocycles. The number of rotatable bonds is 3. The first-order valence-electron chi connectivity index (χ1n) is 7.14. The summed E-state index contributed by atoms with van der Waals surface area (Å²) in [6.07, 6.45) is 1.58. The Morgan fingerprint density at radius 2 is 1.88 bits per heavy atom. The highest BCUT2D eigenvalue weighted by Gasteiger charge is 2.35. The Bertz CT molecular complexity index is 924. The van der Waals surface area contributed by atoms with Gasteiger partial charge in [0.2, 0.25) is 0 Å². The normalized spacial score (nSPS) is 16.0. The average molecular weight is 616 g/mol. The van der Waals surface area contributed by atoms with Gasteiger partial charge in [0, 0.05) is 10.6 Å². The molecular weight excluding hydrogens is 607 g/mol. The molecule has 0 spiro atoms. The number of thioether (sulfide) groups is 1. The largest absolute Gasteiger partial charge is 0.506 e. The third kappa shape index (κ3) is 4.02. The number of imide groups is 1. The van der Waals surface area contributed by atoms with E-state index in [9.17, 15) is 19.1 Å². The fourth-order valence-electron chi connectivity index (χ4n) is 2.30. The molecule has 4 nitrogen and oxygen atoms in total. The van der Waals surface area contributed by atoms with Gasteiger partial charge in [0.25, 0.3) is 11.1 Å². The summed E-state index contributed by atoms with van der Waals surface area (Å²) < 4.78 is 15.2. The minimum absolute atomic E-state index is 0.103. The molecule has 0 saturated carbocycles. The maximum absolute atomic E-state index is 13.9. The van der Waals surface area contributed by atoms with Crippen molar-refractivity contribution in [3.63, 3.8) is 0 Å². The fraction of sp³-hybridized carbons (Fsp3) is 0.0588. The Morgan fingerprint density at radius 3 is 2.50 bits per heavy atom. The molecule has 2 amide bonds. The van der Waals surface area contributed by atoms with Gasteiger partial charge in [0.05, 0.1) is 18.6 Å². The molecular formula is C17H9ClFI2NO3S. The molecule has 1 fully saturated rings. The molecule has 9 heteroatoms. The van der Waals surface area contributed by atoms with E-state index in [1.54, 1.807) is 18.2 Å². The Hall–Kier alpha value is -0.850. The van der Waals surface area contributed by atoms with E-state index in [0.717, 1.165) is 16.7 Å². The van der Waals surface area contributed by atoms with E-state index in [1.807, 2.05) is 45.2 Å². The molecule has 1 saturated heterocycles. The van der Waals surface area contributed by atoms with E-state index in [2.05, 4.69) is 0 Å². The van der Waals surface area contributed by atoms with Crippen molar-refractivity contribution >= 4 is 85.8 Å². The molecule has 0 aliphatic carbocycles. The van der Waals surface area contributed by atoms with Crippen LogP contribution in [0.2, 0.25) is 5.02 Å². The third-order valence-corrected chi connectivity index (χ3v) is 6.49. The van der Waals surface area contributed by atoms with Crippen molar-refractivity contribution in [2.45, 2.75) is 6.54 Å². The number of benzene rings is 2. The first kappa shape index (κ1) is 19.9.